The van der Waals surface area contributed by atoms with Crippen molar-refractivity contribution >= 4 is 23.0 Å². The van der Waals surface area contributed by atoms with Gasteiger partial charge in [-0.25, -0.2) is 9.78 Å². The van der Waals surface area contributed by atoms with Crippen LogP contribution < -0.4 is 5.32 Å². The van der Waals surface area contributed by atoms with Gasteiger partial charge in [0.05, 0.1) is 24.2 Å². The Labute approximate surface area is 129 Å². The summed E-state index contributed by atoms with van der Waals surface area (Å²) in [7, 11) is 1.38. The minimum Gasteiger partial charge on any atom is -0.465 e. The third kappa shape index (κ3) is 4.04. The van der Waals surface area contributed by atoms with E-state index in [2.05, 4.69) is 35.8 Å². The van der Waals surface area contributed by atoms with Crippen LogP contribution in [0.15, 0.2) is 30.5 Å². The molecular weight excluding hydrogens is 284 g/mol. The molecule has 0 fully saturated rings. The Bertz CT molecular complexity index is 612. The van der Waals surface area contributed by atoms with Gasteiger partial charge in [-0.2, -0.15) is 0 Å². The number of methoxy groups -OCH3 is 1. The number of thiazole rings is 1. The van der Waals surface area contributed by atoms with Crippen molar-refractivity contribution < 1.29 is 9.53 Å². The van der Waals surface area contributed by atoms with E-state index in [4.69, 9.17) is 0 Å². The van der Waals surface area contributed by atoms with Crippen LogP contribution in [0.5, 0.6) is 0 Å². The van der Waals surface area contributed by atoms with Gasteiger partial charge in [0.15, 0.2) is 0 Å². The highest BCUT2D eigenvalue weighted by Gasteiger charge is 2.17. The van der Waals surface area contributed by atoms with E-state index < -0.39 is 0 Å². The van der Waals surface area contributed by atoms with Gasteiger partial charge in [0.1, 0.15) is 0 Å². The van der Waals surface area contributed by atoms with Crippen LogP contribution in [0.1, 0.15) is 41.0 Å². The monoisotopic (exact) mass is 304 g/mol. The van der Waals surface area contributed by atoms with E-state index in [-0.39, 0.29) is 11.4 Å². The zero-order valence-electron chi connectivity index (χ0n) is 12.8. The first-order valence-corrected chi connectivity index (χ1v) is 7.59. The molecule has 1 N–H and O–H groups in total. The molecule has 2 rings (SSSR count). The summed E-state index contributed by atoms with van der Waals surface area (Å²) in [5, 5.41) is 4.47. The largest absolute Gasteiger partial charge is 0.465 e. The first-order valence-electron chi connectivity index (χ1n) is 6.77. The van der Waals surface area contributed by atoms with Crippen molar-refractivity contribution in [1.29, 1.82) is 0 Å². The number of nitrogens with one attached hydrogen (secondary N) is 1. The molecule has 0 unspecified atom stereocenters. The second kappa shape index (κ2) is 6.26. The predicted octanol–water partition coefficient (Wildman–Crippen LogP) is 3.84. The number of nitrogens with zero attached hydrogens (tertiary/aromatic N) is 1. The maximum Gasteiger partial charge on any atom is 0.337 e. The van der Waals surface area contributed by atoms with Crippen LogP contribution in [-0.4, -0.2) is 18.1 Å². The van der Waals surface area contributed by atoms with Crippen molar-refractivity contribution in [2.24, 2.45) is 0 Å². The average molecular weight is 304 g/mol. The number of hydrogen-bond donors (Lipinski definition) is 1. The number of anilines is 1. The van der Waals surface area contributed by atoms with Gasteiger partial charge in [-0.05, 0) is 24.3 Å². The van der Waals surface area contributed by atoms with E-state index >= 15 is 0 Å². The van der Waals surface area contributed by atoms with Gasteiger partial charge in [-0.1, -0.05) is 20.8 Å². The van der Waals surface area contributed by atoms with Crippen LogP contribution in [0.3, 0.4) is 0 Å². The second-order valence-corrected chi connectivity index (χ2v) is 6.92. The summed E-state index contributed by atoms with van der Waals surface area (Å²) in [5.74, 6) is -0.321. The molecule has 0 atom stereocenters. The Hall–Kier alpha value is -1.88. The summed E-state index contributed by atoms with van der Waals surface area (Å²) in [6, 6.07) is 7.25. The van der Waals surface area contributed by atoms with E-state index in [1.165, 1.54) is 12.0 Å². The summed E-state index contributed by atoms with van der Waals surface area (Å²) < 4.78 is 4.67. The first-order chi connectivity index (χ1) is 9.90. The van der Waals surface area contributed by atoms with Crippen molar-refractivity contribution in [2.75, 3.05) is 12.4 Å². The minimum atomic E-state index is -0.321. The molecule has 5 heteroatoms. The number of benzene rings is 1. The molecule has 0 spiro atoms. The number of ether oxygens (including phenoxy) is 1. The quantitative estimate of drug-likeness (QED) is 0.872. The van der Waals surface area contributed by atoms with Crippen molar-refractivity contribution in [1.82, 2.24) is 4.98 Å². The normalized spacial score (nSPS) is 11.2. The maximum atomic E-state index is 11.4. The van der Waals surface area contributed by atoms with Gasteiger partial charge in [-0.15, -0.1) is 11.3 Å². The molecule has 4 nitrogen and oxygen atoms in total. The molecule has 1 heterocycles. The van der Waals surface area contributed by atoms with Crippen LogP contribution in [0.4, 0.5) is 5.69 Å². The highest BCUT2D eigenvalue weighted by Crippen LogP contribution is 2.27. The average Bonchev–Trinajstić information content (AvgIpc) is 2.94. The van der Waals surface area contributed by atoms with Gasteiger partial charge in [0.25, 0.3) is 0 Å². The topological polar surface area (TPSA) is 51.2 Å². The van der Waals surface area contributed by atoms with Crippen molar-refractivity contribution in [3.8, 4) is 0 Å². The SMILES string of the molecule is COC(=O)c1ccc(NCc2cnc(C(C)(C)C)s2)cc1. The Kier molecular flexibility index (Phi) is 4.63. The van der Waals surface area contributed by atoms with Crippen molar-refractivity contribution in [3.63, 3.8) is 0 Å². The molecule has 0 saturated heterocycles. The Morgan fingerprint density at radius 1 is 1.29 bits per heavy atom. The van der Waals surface area contributed by atoms with Crippen LogP contribution in [-0.2, 0) is 16.7 Å². The van der Waals surface area contributed by atoms with Gasteiger partial charge in [-0.3, -0.25) is 0 Å². The maximum absolute atomic E-state index is 11.4. The van der Waals surface area contributed by atoms with Crippen LogP contribution in [0.2, 0.25) is 0 Å². The molecule has 112 valence electrons. The lowest BCUT2D eigenvalue weighted by atomic mass is 9.98. The molecule has 21 heavy (non-hydrogen) atoms. The first kappa shape index (κ1) is 15.5. The molecule has 0 radical (unpaired) electrons. The molecule has 2 aromatic rings. The Morgan fingerprint density at radius 2 is 1.95 bits per heavy atom. The summed E-state index contributed by atoms with van der Waals surface area (Å²) >= 11 is 1.72. The van der Waals surface area contributed by atoms with Crippen LogP contribution in [0.25, 0.3) is 0 Å². The molecule has 0 aliphatic carbocycles. The molecule has 0 amide bonds. The van der Waals surface area contributed by atoms with E-state index in [1.54, 1.807) is 23.5 Å². The molecular formula is C16H20N2O2S. The smallest absolute Gasteiger partial charge is 0.337 e. The van der Waals surface area contributed by atoms with E-state index in [1.807, 2.05) is 18.3 Å². The fraction of sp³-hybridized carbons (Fsp3) is 0.375. The van der Waals surface area contributed by atoms with Gasteiger partial charge < -0.3 is 10.1 Å². The van der Waals surface area contributed by atoms with Gasteiger partial charge in [0, 0.05) is 22.2 Å². The third-order valence-corrected chi connectivity index (χ3v) is 4.39. The summed E-state index contributed by atoms with van der Waals surface area (Å²) in [6.45, 7) is 7.21. The van der Waals surface area contributed by atoms with Gasteiger partial charge >= 0.3 is 5.97 Å². The van der Waals surface area contributed by atoms with E-state index in [9.17, 15) is 4.79 Å². The van der Waals surface area contributed by atoms with E-state index in [0.29, 0.717) is 5.56 Å². The fourth-order valence-corrected chi connectivity index (χ4v) is 2.68. The fourth-order valence-electron chi connectivity index (χ4n) is 1.77. The summed E-state index contributed by atoms with van der Waals surface area (Å²) in [6.07, 6.45) is 1.92. The number of esters is 1. The second-order valence-electron chi connectivity index (χ2n) is 5.80. The van der Waals surface area contributed by atoms with Crippen molar-refractivity contribution in [3.05, 3.63) is 45.9 Å². The van der Waals surface area contributed by atoms with Crippen LogP contribution >= 0.6 is 11.3 Å². The predicted molar refractivity (Wildman–Crippen MR) is 85.9 cm³/mol. The summed E-state index contributed by atoms with van der Waals surface area (Å²) in [4.78, 5) is 17.0. The lowest BCUT2D eigenvalue weighted by Gasteiger charge is -2.13. The standard InChI is InChI=1S/C16H20N2O2S/c1-16(2,3)15-18-10-13(21-15)9-17-12-7-5-11(6-8-12)14(19)20-4/h5-8,10,17H,9H2,1-4H3. The zero-order chi connectivity index (χ0) is 15.5. The lowest BCUT2D eigenvalue weighted by Crippen LogP contribution is -2.09. The molecule has 1 aromatic heterocycles. The third-order valence-electron chi connectivity index (χ3n) is 2.97. The number of hydrogen-bond acceptors (Lipinski definition) is 5. The molecule has 0 saturated carbocycles. The zero-order valence-corrected chi connectivity index (χ0v) is 13.6. The Morgan fingerprint density at radius 3 is 2.48 bits per heavy atom. The molecule has 0 bridgehead atoms. The summed E-state index contributed by atoms with van der Waals surface area (Å²) in [5.41, 5.74) is 1.61. The molecule has 1 aromatic carbocycles. The van der Waals surface area contributed by atoms with E-state index in [0.717, 1.165) is 17.2 Å². The number of carbonyl (C=O) groups is 1. The highest BCUT2D eigenvalue weighted by atomic mass is 32.1. The molecule has 0 aliphatic heterocycles. The number of aromatic nitrogens is 1. The minimum absolute atomic E-state index is 0.0884. The van der Waals surface area contributed by atoms with Crippen molar-refractivity contribution in [2.45, 2.75) is 32.7 Å². The molecule has 0 aliphatic rings. The van der Waals surface area contributed by atoms with Gasteiger partial charge in [0.2, 0.25) is 0 Å². The Balaban J connectivity index is 1.97. The number of rotatable bonds is 4. The number of carbonyl (C=O) groups excluding carboxylic acids is 1. The highest BCUT2D eigenvalue weighted by molar-refractivity contribution is 7.11. The lowest BCUT2D eigenvalue weighted by molar-refractivity contribution is 0.0601. The van der Waals surface area contributed by atoms with Crippen LogP contribution in [0, 0.1) is 0 Å².